The standard InChI is InChI=1S/C12H20N2O2S2/c1-4-5-9-14-8(6-17-9)7-18-12(2,3)10(13)11(15)16/h6,10H,4-5,7,13H2,1-3H3,(H,15,16)/t10-/m0/s1. The Morgan fingerprint density at radius 1 is 1.67 bits per heavy atom. The van der Waals surface area contributed by atoms with Crippen molar-refractivity contribution in [2.24, 2.45) is 5.73 Å². The van der Waals surface area contributed by atoms with Crippen molar-refractivity contribution >= 4 is 29.1 Å². The highest BCUT2D eigenvalue weighted by molar-refractivity contribution is 7.99. The highest BCUT2D eigenvalue weighted by Crippen LogP contribution is 2.31. The van der Waals surface area contributed by atoms with Crippen molar-refractivity contribution in [2.75, 3.05) is 0 Å². The lowest BCUT2D eigenvalue weighted by Gasteiger charge is -2.27. The molecule has 0 aromatic carbocycles. The molecule has 3 N–H and O–H groups in total. The Morgan fingerprint density at radius 3 is 2.89 bits per heavy atom. The molecular formula is C12H20N2O2S2. The third-order valence-corrected chi connectivity index (χ3v) is 5.07. The number of thioether (sulfide) groups is 1. The molecule has 6 heteroatoms. The van der Waals surface area contributed by atoms with Gasteiger partial charge in [-0.25, -0.2) is 4.98 Å². The van der Waals surface area contributed by atoms with Gasteiger partial charge in [-0.05, 0) is 26.7 Å². The van der Waals surface area contributed by atoms with Gasteiger partial charge >= 0.3 is 5.97 Å². The van der Waals surface area contributed by atoms with Crippen LogP contribution in [0.3, 0.4) is 0 Å². The number of nitrogens with two attached hydrogens (primary N) is 1. The number of nitrogens with zero attached hydrogens (tertiary/aromatic N) is 1. The number of hydrogen-bond acceptors (Lipinski definition) is 5. The Morgan fingerprint density at radius 2 is 2.33 bits per heavy atom. The summed E-state index contributed by atoms with van der Waals surface area (Å²) in [6.07, 6.45) is 2.10. The molecule has 0 fully saturated rings. The van der Waals surface area contributed by atoms with Crippen molar-refractivity contribution in [2.45, 2.75) is 50.2 Å². The summed E-state index contributed by atoms with van der Waals surface area (Å²) in [4.78, 5) is 15.4. The van der Waals surface area contributed by atoms with E-state index in [1.54, 1.807) is 11.3 Å². The second-order valence-corrected chi connectivity index (χ2v) is 7.26. The maximum absolute atomic E-state index is 10.9. The van der Waals surface area contributed by atoms with Crippen molar-refractivity contribution in [3.63, 3.8) is 0 Å². The predicted octanol–water partition coefficient (Wildman–Crippen LogP) is 2.52. The van der Waals surface area contributed by atoms with Crippen LogP contribution in [0.4, 0.5) is 0 Å². The van der Waals surface area contributed by atoms with Gasteiger partial charge in [0.25, 0.3) is 0 Å². The van der Waals surface area contributed by atoms with E-state index in [1.807, 2.05) is 19.2 Å². The zero-order valence-electron chi connectivity index (χ0n) is 11.0. The van der Waals surface area contributed by atoms with Crippen molar-refractivity contribution in [1.29, 1.82) is 0 Å². The van der Waals surface area contributed by atoms with Gasteiger partial charge < -0.3 is 10.8 Å². The van der Waals surface area contributed by atoms with Crippen molar-refractivity contribution in [1.82, 2.24) is 4.98 Å². The number of carboxylic acids is 1. The summed E-state index contributed by atoms with van der Waals surface area (Å²) >= 11 is 3.21. The third kappa shape index (κ3) is 4.26. The van der Waals surface area contributed by atoms with Crippen LogP contribution in [0.2, 0.25) is 0 Å². The summed E-state index contributed by atoms with van der Waals surface area (Å²) in [5.41, 5.74) is 6.69. The van der Waals surface area contributed by atoms with Gasteiger partial charge in [0.05, 0.1) is 10.7 Å². The molecule has 0 bridgehead atoms. The molecule has 1 atom stereocenters. The quantitative estimate of drug-likeness (QED) is 0.806. The minimum atomic E-state index is -0.961. The van der Waals surface area contributed by atoms with Crippen LogP contribution < -0.4 is 5.73 Å². The minimum Gasteiger partial charge on any atom is -0.480 e. The number of aryl methyl sites for hydroxylation is 1. The number of rotatable bonds is 7. The van der Waals surface area contributed by atoms with Crippen LogP contribution >= 0.6 is 23.1 Å². The van der Waals surface area contributed by atoms with Gasteiger partial charge in [0.1, 0.15) is 6.04 Å². The topological polar surface area (TPSA) is 76.2 Å². The van der Waals surface area contributed by atoms with Crippen LogP contribution in [0.15, 0.2) is 5.38 Å². The Labute approximate surface area is 116 Å². The van der Waals surface area contributed by atoms with Crippen LogP contribution in [0.5, 0.6) is 0 Å². The SMILES string of the molecule is CCCc1nc(CSC(C)(C)[C@@H](N)C(=O)O)cs1. The molecule has 0 unspecified atom stereocenters. The molecule has 0 aliphatic rings. The Hall–Kier alpha value is -0.590. The first-order valence-electron chi connectivity index (χ1n) is 5.92. The number of aliphatic carboxylic acids is 1. The number of carbonyl (C=O) groups is 1. The first kappa shape index (κ1) is 15.5. The van der Waals surface area contributed by atoms with Gasteiger partial charge in [0.15, 0.2) is 0 Å². The third-order valence-electron chi connectivity index (χ3n) is 2.67. The monoisotopic (exact) mass is 288 g/mol. The van der Waals surface area contributed by atoms with E-state index < -0.39 is 16.8 Å². The second kappa shape index (κ2) is 6.54. The molecule has 0 aliphatic carbocycles. The number of aromatic nitrogens is 1. The molecule has 0 saturated carbocycles. The molecule has 0 spiro atoms. The van der Waals surface area contributed by atoms with E-state index >= 15 is 0 Å². The molecule has 18 heavy (non-hydrogen) atoms. The second-order valence-electron chi connectivity index (χ2n) is 4.69. The largest absolute Gasteiger partial charge is 0.480 e. The normalized spacial score (nSPS) is 13.6. The van der Waals surface area contributed by atoms with E-state index in [0.717, 1.165) is 23.5 Å². The molecule has 0 saturated heterocycles. The van der Waals surface area contributed by atoms with E-state index in [4.69, 9.17) is 10.8 Å². The van der Waals surface area contributed by atoms with Gasteiger partial charge in [0, 0.05) is 15.9 Å². The summed E-state index contributed by atoms with van der Waals surface area (Å²) in [5, 5.41) is 12.1. The molecule has 0 radical (unpaired) electrons. The van der Waals surface area contributed by atoms with Crippen molar-refractivity contribution in [3.8, 4) is 0 Å². The van der Waals surface area contributed by atoms with Gasteiger partial charge in [0.2, 0.25) is 0 Å². The molecule has 4 nitrogen and oxygen atoms in total. The Balaban J connectivity index is 2.55. The molecular weight excluding hydrogens is 268 g/mol. The first-order chi connectivity index (χ1) is 8.36. The highest BCUT2D eigenvalue weighted by Gasteiger charge is 2.32. The maximum Gasteiger partial charge on any atom is 0.321 e. The predicted molar refractivity (Wildman–Crippen MR) is 77.1 cm³/mol. The molecule has 0 aliphatic heterocycles. The van der Waals surface area contributed by atoms with E-state index in [9.17, 15) is 4.79 Å². The zero-order valence-corrected chi connectivity index (χ0v) is 12.6. The average molecular weight is 288 g/mol. The van der Waals surface area contributed by atoms with Gasteiger partial charge in [-0.15, -0.1) is 23.1 Å². The number of carboxylic acid groups (broad SMARTS) is 1. The Bertz CT molecular complexity index is 405. The van der Waals surface area contributed by atoms with Crippen molar-refractivity contribution in [3.05, 3.63) is 16.1 Å². The fourth-order valence-corrected chi connectivity index (χ4v) is 3.34. The van der Waals surface area contributed by atoms with E-state index in [2.05, 4.69) is 11.9 Å². The van der Waals surface area contributed by atoms with E-state index in [1.165, 1.54) is 11.8 Å². The lowest BCUT2D eigenvalue weighted by atomic mass is 10.1. The molecule has 1 aromatic heterocycles. The average Bonchev–Trinajstić information content (AvgIpc) is 2.74. The van der Waals surface area contributed by atoms with E-state index in [-0.39, 0.29) is 0 Å². The summed E-state index contributed by atoms with van der Waals surface area (Å²) in [6.45, 7) is 5.84. The van der Waals surface area contributed by atoms with Crippen molar-refractivity contribution < 1.29 is 9.90 Å². The van der Waals surface area contributed by atoms with Gasteiger partial charge in [-0.2, -0.15) is 0 Å². The Kier molecular flexibility index (Phi) is 5.62. The van der Waals surface area contributed by atoms with Gasteiger partial charge in [-0.1, -0.05) is 6.92 Å². The molecule has 102 valence electrons. The summed E-state index contributed by atoms with van der Waals surface area (Å²) in [5.74, 6) is -0.258. The molecule has 1 rings (SSSR count). The summed E-state index contributed by atoms with van der Waals surface area (Å²) < 4.78 is -0.500. The lowest BCUT2D eigenvalue weighted by molar-refractivity contribution is -0.139. The smallest absolute Gasteiger partial charge is 0.321 e. The number of thiazole rings is 1. The van der Waals surface area contributed by atoms with Gasteiger partial charge in [-0.3, -0.25) is 4.79 Å². The van der Waals surface area contributed by atoms with Crippen LogP contribution in [-0.4, -0.2) is 26.8 Å². The molecule has 0 amide bonds. The van der Waals surface area contributed by atoms with E-state index in [0.29, 0.717) is 5.75 Å². The first-order valence-corrected chi connectivity index (χ1v) is 7.79. The molecule has 1 heterocycles. The fourth-order valence-electron chi connectivity index (χ4n) is 1.39. The highest BCUT2D eigenvalue weighted by atomic mass is 32.2. The minimum absolute atomic E-state index is 0.500. The van der Waals surface area contributed by atoms with Crippen LogP contribution in [-0.2, 0) is 17.0 Å². The summed E-state index contributed by atoms with van der Waals surface area (Å²) in [7, 11) is 0. The van der Waals surface area contributed by atoms with Crippen LogP contribution in [0.1, 0.15) is 37.9 Å². The molecule has 1 aromatic rings. The fraction of sp³-hybridized carbons (Fsp3) is 0.667. The summed E-state index contributed by atoms with van der Waals surface area (Å²) in [6, 6.07) is -0.865. The number of hydrogen-bond donors (Lipinski definition) is 2. The van der Waals surface area contributed by atoms with Crippen LogP contribution in [0, 0.1) is 0 Å². The maximum atomic E-state index is 10.9. The van der Waals surface area contributed by atoms with Crippen LogP contribution in [0.25, 0.3) is 0 Å². The lowest BCUT2D eigenvalue weighted by Crippen LogP contribution is -2.46. The zero-order chi connectivity index (χ0) is 13.8.